The van der Waals surface area contributed by atoms with Crippen LogP contribution in [0.15, 0.2) is 54.6 Å². The maximum absolute atomic E-state index is 13.2. The van der Waals surface area contributed by atoms with Gasteiger partial charge in [0, 0.05) is 11.1 Å². The smallest absolute Gasteiger partial charge is 0.417 e. The number of ether oxygens (including phenoxy) is 1. The highest BCUT2D eigenvalue weighted by molar-refractivity contribution is 6.31. The zero-order valence-corrected chi connectivity index (χ0v) is 13.3. The minimum Gasteiger partial charge on any atom is -0.495 e. The Kier molecular flexibility index (Phi) is 5.51. The molecule has 0 aliphatic rings. The Labute approximate surface area is 141 Å². The Balaban J connectivity index is 2.34. The molecule has 1 N–H and O–H groups in total. The molecule has 0 saturated heterocycles. The van der Waals surface area contributed by atoms with Crippen LogP contribution in [0.25, 0.3) is 5.57 Å². The third-order valence-corrected chi connectivity index (χ3v) is 3.32. The second-order valence-electron chi connectivity index (χ2n) is 4.76. The van der Waals surface area contributed by atoms with Crippen molar-refractivity contribution in [3.8, 4) is 5.75 Å². The zero-order chi connectivity index (χ0) is 17.7. The summed E-state index contributed by atoms with van der Waals surface area (Å²) in [5.41, 5.74) is -0.958. The molecule has 0 saturated carbocycles. The lowest BCUT2D eigenvalue weighted by atomic mass is 10.1. The quantitative estimate of drug-likeness (QED) is 0.789. The fraction of sp³-hybridized carbons (Fsp3) is 0.118. The highest BCUT2D eigenvalue weighted by Gasteiger charge is 2.35. The molecule has 2 aromatic rings. The number of hydrogen-bond acceptors (Lipinski definition) is 2. The van der Waals surface area contributed by atoms with Gasteiger partial charge in [-0.15, -0.1) is 0 Å². The zero-order valence-electron chi connectivity index (χ0n) is 12.5. The maximum atomic E-state index is 13.2. The molecule has 0 aliphatic carbocycles. The topological polar surface area (TPSA) is 38.3 Å². The Morgan fingerprint density at radius 2 is 1.83 bits per heavy atom. The van der Waals surface area contributed by atoms with E-state index in [0.29, 0.717) is 11.1 Å². The van der Waals surface area contributed by atoms with E-state index in [1.807, 2.05) is 0 Å². The van der Waals surface area contributed by atoms with Gasteiger partial charge in [-0.3, -0.25) is 4.79 Å². The number of methoxy groups -OCH3 is 1. The summed E-state index contributed by atoms with van der Waals surface area (Å²) in [4.78, 5) is 12.0. The maximum Gasteiger partial charge on any atom is 0.417 e. The highest BCUT2D eigenvalue weighted by Crippen LogP contribution is 2.34. The van der Waals surface area contributed by atoms with Gasteiger partial charge in [0.15, 0.2) is 0 Å². The number of nitrogens with one attached hydrogen (secondary N) is 1. The van der Waals surface area contributed by atoms with Gasteiger partial charge in [-0.1, -0.05) is 41.9 Å². The van der Waals surface area contributed by atoms with E-state index >= 15 is 0 Å². The average Bonchev–Trinajstić information content (AvgIpc) is 2.52. The number of rotatable bonds is 4. The number of carbonyl (C=O) groups excluding carboxylic acids is 1. The Morgan fingerprint density at radius 3 is 2.42 bits per heavy atom. The molecular formula is C17H13ClF3NO2. The lowest BCUT2D eigenvalue weighted by molar-refractivity contribution is -0.112. The van der Waals surface area contributed by atoms with E-state index in [1.54, 1.807) is 6.07 Å². The first-order chi connectivity index (χ1) is 11.3. The first-order valence-electron chi connectivity index (χ1n) is 6.80. The van der Waals surface area contributed by atoms with Crippen molar-refractivity contribution in [3.63, 3.8) is 0 Å². The minimum absolute atomic E-state index is 0.0989. The van der Waals surface area contributed by atoms with Crippen LogP contribution in [0.2, 0.25) is 5.02 Å². The average molecular weight is 356 g/mol. The molecule has 126 valence electrons. The van der Waals surface area contributed by atoms with Gasteiger partial charge in [0.05, 0.1) is 18.4 Å². The standard InChI is InChI=1S/C17H13ClF3NO2/c1-24-15-8-7-12(18)9-14(15)22-16(23)10-13(17(19,20)21)11-5-3-2-4-6-11/h2-10H,1H3,(H,22,23)/b13-10-. The van der Waals surface area contributed by atoms with Gasteiger partial charge < -0.3 is 10.1 Å². The van der Waals surface area contributed by atoms with Crippen molar-refractivity contribution in [1.29, 1.82) is 0 Å². The number of alkyl halides is 3. The molecule has 0 aromatic heterocycles. The number of benzene rings is 2. The fourth-order valence-corrected chi connectivity index (χ4v) is 2.20. The van der Waals surface area contributed by atoms with Crippen molar-refractivity contribution in [2.45, 2.75) is 6.18 Å². The van der Waals surface area contributed by atoms with Crippen LogP contribution >= 0.6 is 11.6 Å². The number of amides is 1. The van der Waals surface area contributed by atoms with Gasteiger partial charge in [-0.25, -0.2) is 0 Å². The molecule has 0 bridgehead atoms. The molecule has 0 radical (unpaired) electrons. The van der Waals surface area contributed by atoms with Crippen LogP contribution < -0.4 is 10.1 Å². The largest absolute Gasteiger partial charge is 0.495 e. The van der Waals surface area contributed by atoms with Crippen LogP contribution in [0.1, 0.15) is 5.56 Å². The van der Waals surface area contributed by atoms with Gasteiger partial charge >= 0.3 is 6.18 Å². The van der Waals surface area contributed by atoms with E-state index in [9.17, 15) is 18.0 Å². The van der Waals surface area contributed by atoms with Gasteiger partial charge in [-0.05, 0) is 23.8 Å². The first kappa shape index (κ1) is 17.9. The predicted molar refractivity (Wildman–Crippen MR) is 87.1 cm³/mol. The number of halogens is 4. The summed E-state index contributed by atoms with van der Waals surface area (Å²) in [7, 11) is 1.37. The summed E-state index contributed by atoms with van der Waals surface area (Å²) in [6, 6.07) is 11.5. The van der Waals surface area contributed by atoms with E-state index in [4.69, 9.17) is 16.3 Å². The first-order valence-corrected chi connectivity index (χ1v) is 7.18. The van der Waals surface area contributed by atoms with Crippen molar-refractivity contribution < 1.29 is 22.7 Å². The van der Waals surface area contributed by atoms with Crippen LogP contribution in [0.3, 0.4) is 0 Å². The van der Waals surface area contributed by atoms with Crippen molar-refractivity contribution in [3.05, 3.63) is 65.2 Å². The normalized spacial score (nSPS) is 12.0. The fourth-order valence-electron chi connectivity index (χ4n) is 2.02. The molecule has 1 amide bonds. The Hall–Kier alpha value is -2.47. The molecule has 0 unspecified atom stereocenters. The highest BCUT2D eigenvalue weighted by atomic mass is 35.5. The van der Waals surface area contributed by atoms with Crippen LogP contribution in [0, 0.1) is 0 Å². The van der Waals surface area contributed by atoms with Gasteiger partial charge in [0.1, 0.15) is 5.75 Å². The molecule has 0 fully saturated rings. The predicted octanol–water partition coefficient (Wildman–Crippen LogP) is 4.93. The summed E-state index contributed by atoms with van der Waals surface area (Å²) < 4.78 is 44.7. The summed E-state index contributed by atoms with van der Waals surface area (Å²) in [5.74, 6) is -0.652. The van der Waals surface area contributed by atoms with Crippen molar-refractivity contribution >= 4 is 28.8 Å². The summed E-state index contributed by atoms with van der Waals surface area (Å²) in [5, 5.41) is 2.66. The lowest BCUT2D eigenvalue weighted by Gasteiger charge is -2.13. The van der Waals surface area contributed by atoms with E-state index in [2.05, 4.69) is 5.32 Å². The van der Waals surface area contributed by atoms with Crippen molar-refractivity contribution in [1.82, 2.24) is 0 Å². The molecule has 0 spiro atoms. The summed E-state index contributed by atoms with van der Waals surface area (Å²) in [6.45, 7) is 0. The van der Waals surface area contributed by atoms with E-state index < -0.39 is 17.7 Å². The van der Waals surface area contributed by atoms with Crippen LogP contribution in [-0.4, -0.2) is 19.2 Å². The molecular weight excluding hydrogens is 343 g/mol. The molecule has 0 aliphatic heterocycles. The van der Waals surface area contributed by atoms with E-state index in [0.717, 1.165) is 0 Å². The second kappa shape index (κ2) is 7.40. The molecule has 7 heteroatoms. The summed E-state index contributed by atoms with van der Waals surface area (Å²) >= 11 is 5.83. The number of hydrogen-bond donors (Lipinski definition) is 1. The molecule has 3 nitrogen and oxygen atoms in total. The van der Waals surface area contributed by atoms with E-state index in [-0.39, 0.29) is 17.0 Å². The molecule has 2 aromatic carbocycles. The molecule has 0 heterocycles. The lowest BCUT2D eigenvalue weighted by Crippen LogP contribution is -2.16. The van der Waals surface area contributed by atoms with Crippen molar-refractivity contribution in [2.75, 3.05) is 12.4 Å². The third kappa shape index (κ3) is 4.52. The molecule has 24 heavy (non-hydrogen) atoms. The second-order valence-corrected chi connectivity index (χ2v) is 5.19. The monoisotopic (exact) mass is 355 g/mol. The number of allylic oxidation sites excluding steroid dienone is 1. The summed E-state index contributed by atoms with van der Waals surface area (Å²) in [6.07, 6.45) is -4.16. The van der Waals surface area contributed by atoms with E-state index in [1.165, 1.54) is 49.6 Å². The minimum atomic E-state index is -4.67. The molecule has 0 atom stereocenters. The number of anilines is 1. The SMILES string of the molecule is COc1ccc(Cl)cc1NC(=O)/C=C(/c1ccccc1)C(F)(F)F. The van der Waals surface area contributed by atoms with Crippen LogP contribution in [-0.2, 0) is 4.79 Å². The van der Waals surface area contributed by atoms with Crippen molar-refractivity contribution in [2.24, 2.45) is 0 Å². The van der Waals surface area contributed by atoms with Crippen LogP contribution in [0.4, 0.5) is 18.9 Å². The van der Waals surface area contributed by atoms with Gasteiger partial charge in [0.2, 0.25) is 5.91 Å². The molecule has 2 rings (SSSR count). The van der Waals surface area contributed by atoms with Gasteiger partial charge in [0.25, 0.3) is 0 Å². The van der Waals surface area contributed by atoms with Crippen LogP contribution in [0.5, 0.6) is 5.75 Å². The Morgan fingerprint density at radius 1 is 1.17 bits per heavy atom. The van der Waals surface area contributed by atoms with Gasteiger partial charge in [-0.2, -0.15) is 13.2 Å². The Bertz CT molecular complexity index is 758. The number of carbonyl (C=O) groups is 1. The third-order valence-electron chi connectivity index (χ3n) is 3.09.